The highest BCUT2D eigenvalue weighted by Gasteiger charge is 2.33. The molecule has 0 aromatic heterocycles. The first-order valence-corrected chi connectivity index (χ1v) is 5.99. The van der Waals surface area contributed by atoms with E-state index in [0.717, 1.165) is 0 Å². The summed E-state index contributed by atoms with van der Waals surface area (Å²) in [6, 6.07) is -0.589. The van der Waals surface area contributed by atoms with E-state index >= 15 is 0 Å². The molecule has 1 saturated heterocycles. The third kappa shape index (κ3) is 2.43. The van der Waals surface area contributed by atoms with Crippen LogP contribution in [-0.4, -0.2) is 43.6 Å². The van der Waals surface area contributed by atoms with Gasteiger partial charge in [0.15, 0.2) is 0 Å². The van der Waals surface area contributed by atoms with E-state index < -0.39 is 21.3 Å². The maximum Gasteiger partial charge on any atom is 0.239 e. The molecule has 0 radical (unpaired) electrons. The average Bonchev–Trinajstić information content (AvgIpc) is 2.49. The number of rotatable bonds is 2. The predicted molar refractivity (Wildman–Crippen MR) is 51.7 cm³/mol. The molecule has 1 aliphatic rings. The number of hydrogen-bond acceptors (Lipinski definition) is 4. The Morgan fingerprint density at radius 3 is 2.50 bits per heavy atom. The van der Waals surface area contributed by atoms with Crippen molar-refractivity contribution in [2.45, 2.75) is 24.6 Å². The number of hydrogen-bond donors (Lipinski definition) is 2. The molecule has 0 aromatic carbocycles. The lowest BCUT2D eigenvalue weighted by molar-refractivity contribution is -0.131. The molecule has 0 spiro atoms. The molecule has 1 aliphatic heterocycles. The van der Waals surface area contributed by atoms with Gasteiger partial charge in [-0.05, 0) is 13.3 Å². The first-order chi connectivity index (χ1) is 6.32. The van der Waals surface area contributed by atoms with Crippen molar-refractivity contribution in [3.63, 3.8) is 0 Å². The summed E-state index contributed by atoms with van der Waals surface area (Å²) in [5.74, 6) is -0.226. The lowest BCUT2D eigenvalue weighted by atomic mass is 10.3. The summed E-state index contributed by atoms with van der Waals surface area (Å²) in [5.41, 5.74) is 5.40. The normalized spacial score (nSPS) is 25.1. The maximum absolute atomic E-state index is 11.4. The standard InChI is InChI=1S/C7H15N3O3S/c1-5(8)7(11)10-3-2-6(4-10)14(9,12)13/h5-6H,2-4,8H2,1H3,(H2,9,12,13)/t5-,6?/m1/s1. The van der Waals surface area contributed by atoms with Crippen molar-refractivity contribution < 1.29 is 13.2 Å². The molecular formula is C7H15N3O3S. The predicted octanol–water partition coefficient (Wildman–Crippen LogP) is -1.78. The molecule has 1 rings (SSSR count). The summed E-state index contributed by atoms with van der Waals surface area (Å²) in [4.78, 5) is 12.8. The van der Waals surface area contributed by atoms with E-state index in [1.807, 2.05) is 0 Å². The van der Waals surface area contributed by atoms with Gasteiger partial charge in [-0.15, -0.1) is 0 Å². The number of nitrogens with zero attached hydrogens (tertiary/aromatic N) is 1. The van der Waals surface area contributed by atoms with E-state index in [4.69, 9.17) is 10.9 Å². The Balaban J connectivity index is 2.63. The Labute approximate surface area is 83.3 Å². The minimum Gasteiger partial charge on any atom is -0.340 e. The molecule has 0 saturated carbocycles. The molecular weight excluding hydrogens is 206 g/mol. The van der Waals surface area contributed by atoms with E-state index in [2.05, 4.69) is 0 Å². The topological polar surface area (TPSA) is 106 Å². The van der Waals surface area contributed by atoms with Crippen LogP contribution in [0.1, 0.15) is 13.3 Å². The summed E-state index contributed by atoms with van der Waals surface area (Å²) in [6.45, 7) is 2.16. The summed E-state index contributed by atoms with van der Waals surface area (Å²) in [5, 5.41) is 4.35. The molecule has 0 aliphatic carbocycles. The van der Waals surface area contributed by atoms with Crippen LogP contribution in [0.5, 0.6) is 0 Å². The second kappa shape index (κ2) is 3.84. The molecule has 82 valence electrons. The summed E-state index contributed by atoms with van der Waals surface area (Å²) >= 11 is 0. The SMILES string of the molecule is C[C@@H](N)C(=O)N1CCC(S(N)(=O)=O)C1. The second-order valence-corrected chi connectivity index (χ2v) is 5.42. The highest BCUT2D eigenvalue weighted by atomic mass is 32.2. The van der Waals surface area contributed by atoms with Crippen molar-refractivity contribution in [2.24, 2.45) is 10.9 Å². The van der Waals surface area contributed by atoms with Crippen LogP contribution in [0.3, 0.4) is 0 Å². The molecule has 14 heavy (non-hydrogen) atoms. The number of carbonyl (C=O) groups excluding carboxylic acids is 1. The lowest BCUT2D eigenvalue weighted by Crippen LogP contribution is -2.42. The number of primary sulfonamides is 1. The highest BCUT2D eigenvalue weighted by molar-refractivity contribution is 7.89. The van der Waals surface area contributed by atoms with E-state index in [-0.39, 0.29) is 12.5 Å². The van der Waals surface area contributed by atoms with E-state index in [1.54, 1.807) is 6.92 Å². The Bertz CT molecular complexity index is 325. The fourth-order valence-corrected chi connectivity index (χ4v) is 2.31. The van der Waals surface area contributed by atoms with Crippen LogP contribution in [0.2, 0.25) is 0 Å². The smallest absolute Gasteiger partial charge is 0.239 e. The van der Waals surface area contributed by atoms with Gasteiger partial charge in [-0.1, -0.05) is 0 Å². The number of amides is 1. The van der Waals surface area contributed by atoms with Crippen molar-refractivity contribution in [2.75, 3.05) is 13.1 Å². The third-order valence-electron chi connectivity index (χ3n) is 2.31. The zero-order chi connectivity index (χ0) is 10.9. The minimum atomic E-state index is -3.53. The van der Waals surface area contributed by atoms with E-state index in [0.29, 0.717) is 13.0 Å². The van der Waals surface area contributed by atoms with E-state index in [1.165, 1.54) is 4.90 Å². The summed E-state index contributed by atoms with van der Waals surface area (Å²) in [7, 11) is -3.53. The van der Waals surface area contributed by atoms with Crippen molar-refractivity contribution >= 4 is 15.9 Å². The monoisotopic (exact) mass is 221 g/mol. The van der Waals surface area contributed by atoms with Crippen LogP contribution < -0.4 is 10.9 Å². The Hall–Kier alpha value is -0.660. The van der Waals surface area contributed by atoms with Gasteiger partial charge in [0.2, 0.25) is 15.9 Å². The van der Waals surface area contributed by atoms with E-state index in [9.17, 15) is 13.2 Å². The first-order valence-electron chi connectivity index (χ1n) is 4.38. The number of likely N-dealkylation sites (tertiary alicyclic amines) is 1. The second-order valence-electron chi connectivity index (χ2n) is 3.57. The molecule has 7 heteroatoms. The van der Waals surface area contributed by atoms with Crippen molar-refractivity contribution in [3.05, 3.63) is 0 Å². The fourth-order valence-electron chi connectivity index (χ4n) is 1.48. The van der Waals surface area contributed by atoms with Gasteiger partial charge in [0.25, 0.3) is 0 Å². The van der Waals surface area contributed by atoms with Gasteiger partial charge in [0.1, 0.15) is 0 Å². The quantitative estimate of drug-likeness (QED) is 0.575. The van der Waals surface area contributed by atoms with Gasteiger partial charge in [0.05, 0.1) is 11.3 Å². The number of nitrogens with two attached hydrogens (primary N) is 2. The van der Waals surface area contributed by atoms with Crippen molar-refractivity contribution in [3.8, 4) is 0 Å². The minimum absolute atomic E-state index is 0.166. The Morgan fingerprint density at radius 1 is 1.57 bits per heavy atom. The third-order valence-corrected chi connectivity index (χ3v) is 3.62. The molecule has 1 amide bonds. The molecule has 6 nitrogen and oxygen atoms in total. The fraction of sp³-hybridized carbons (Fsp3) is 0.857. The molecule has 4 N–H and O–H groups in total. The lowest BCUT2D eigenvalue weighted by Gasteiger charge is -2.17. The molecule has 1 fully saturated rings. The summed E-state index contributed by atoms with van der Waals surface area (Å²) < 4.78 is 22.0. The molecule has 2 atom stereocenters. The Kier molecular flexibility index (Phi) is 3.13. The number of sulfonamides is 1. The van der Waals surface area contributed by atoms with Gasteiger partial charge in [-0.2, -0.15) is 0 Å². The molecule has 1 heterocycles. The molecule has 1 unspecified atom stereocenters. The maximum atomic E-state index is 11.4. The van der Waals surface area contributed by atoms with Gasteiger partial charge >= 0.3 is 0 Å². The van der Waals surface area contributed by atoms with Gasteiger partial charge < -0.3 is 10.6 Å². The largest absolute Gasteiger partial charge is 0.340 e. The van der Waals surface area contributed by atoms with Crippen LogP contribution in [0.15, 0.2) is 0 Å². The highest BCUT2D eigenvalue weighted by Crippen LogP contribution is 2.15. The summed E-state index contributed by atoms with van der Waals surface area (Å²) in [6.07, 6.45) is 0.400. The van der Waals surface area contributed by atoms with Crippen molar-refractivity contribution in [1.29, 1.82) is 0 Å². The van der Waals surface area contributed by atoms with Crippen LogP contribution >= 0.6 is 0 Å². The Morgan fingerprint density at radius 2 is 2.14 bits per heavy atom. The number of carbonyl (C=O) groups is 1. The molecule has 0 bridgehead atoms. The van der Waals surface area contributed by atoms with Crippen molar-refractivity contribution in [1.82, 2.24) is 4.90 Å². The average molecular weight is 221 g/mol. The first kappa shape index (κ1) is 11.4. The zero-order valence-corrected chi connectivity index (χ0v) is 8.83. The van der Waals surface area contributed by atoms with Gasteiger partial charge in [-0.3, -0.25) is 4.79 Å². The van der Waals surface area contributed by atoms with Crippen LogP contribution in [0, 0.1) is 0 Å². The molecule has 0 aromatic rings. The van der Waals surface area contributed by atoms with Gasteiger partial charge in [0, 0.05) is 13.1 Å². The van der Waals surface area contributed by atoms with Crippen LogP contribution in [-0.2, 0) is 14.8 Å². The van der Waals surface area contributed by atoms with Crippen LogP contribution in [0.25, 0.3) is 0 Å². The van der Waals surface area contributed by atoms with Crippen LogP contribution in [0.4, 0.5) is 0 Å². The zero-order valence-electron chi connectivity index (χ0n) is 8.01. The van der Waals surface area contributed by atoms with Gasteiger partial charge in [-0.25, -0.2) is 13.6 Å².